The third-order valence-corrected chi connectivity index (χ3v) is 3.87. The van der Waals surface area contributed by atoms with Crippen LogP contribution in [0.5, 0.6) is 0 Å². The third-order valence-electron chi connectivity index (χ3n) is 3.16. The maximum absolute atomic E-state index is 11.5. The minimum atomic E-state index is -0.184. The van der Waals surface area contributed by atoms with Gasteiger partial charge in [-0.25, -0.2) is 4.98 Å². The molecule has 0 unspecified atom stereocenters. The minimum Gasteiger partial charge on any atom is -0.395 e. The van der Waals surface area contributed by atoms with Gasteiger partial charge in [-0.05, 0) is 28.8 Å². The Labute approximate surface area is 108 Å². The second kappa shape index (κ2) is 5.64. The van der Waals surface area contributed by atoms with E-state index in [-0.39, 0.29) is 12.2 Å². The summed E-state index contributed by atoms with van der Waals surface area (Å²) in [5.41, 5.74) is -0.184. The zero-order chi connectivity index (χ0) is 12.3. The van der Waals surface area contributed by atoms with Gasteiger partial charge in [0.05, 0.1) is 12.9 Å². The van der Waals surface area contributed by atoms with E-state index in [1.54, 1.807) is 0 Å². The Kier molecular flexibility index (Phi) is 4.17. The molecule has 5 nitrogen and oxygen atoms in total. The molecule has 0 aromatic carbocycles. The van der Waals surface area contributed by atoms with E-state index in [1.165, 1.54) is 19.2 Å². The summed E-state index contributed by atoms with van der Waals surface area (Å²) in [6, 6.07) is 0.382. The number of aliphatic hydroxyl groups excluding tert-OH is 1. The summed E-state index contributed by atoms with van der Waals surface area (Å²) in [7, 11) is 0. The zero-order valence-electron chi connectivity index (χ0n) is 9.53. The van der Waals surface area contributed by atoms with Gasteiger partial charge in [0.2, 0.25) is 0 Å². The maximum Gasteiger partial charge on any atom is 0.267 e. The van der Waals surface area contributed by atoms with E-state index in [9.17, 15) is 4.79 Å². The minimum absolute atomic E-state index is 0.0669. The molecule has 1 heterocycles. The van der Waals surface area contributed by atoms with Crippen molar-refractivity contribution in [2.45, 2.75) is 31.7 Å². The van der Waals surface area contributed by atoms with Crippen LogP contribution < -0.4 is 10.5 Å². The molecule has 0 saturated heterocycles. The average Bonchev–Trinajstić information content (AvgIpc) is 2.84. The number of aromatic amines is 1. The first kappa shape index (κ1) is 12.6. The fraction of sp³-hybridized carbons (Fsp3) is 0.636. The molecule has 17 heavy (non-hydrogen) atoms. The number of nitrogens with zero attached hydrogens (tertiary/aromatic N) is 2. The molecular weight excluding hydrogens is 286 g/mol. The largest absolute Gasteiger partial charge is 0.395 e. The summed E-state index contributed by atoms with van der Waals surface area (Å²) in [5, 5.41) is 9.15. The highest BCUT2D eigenvalue weighted by molar-refractivity contribution is 9.10. The molecule has 0 atom stereocenters. The van der Waals surface area contributed by atoms with Gasteiger partial charge in [0.15, 0.2) is 5.82 Å². The summed E-state index contributed by atoms with van der Waals surface area (Å²) >= 11 is 3.27. The molecule has 94 valence electrons. The van der Waals surface area contributed by atoms with Crippen LogP contribution in [0.2, 0.25) is 0 Å². The van der Waals surface area contributed by atoms with Crippen LogP contribution in [0.15, 0.2) is 15.6 Å². The summed E-state index contributed by atoms with van der Waals surface area (Å²) in [4.78, 5) is 20.3. The normalized spacial score (nSPS) is 16.4. The number of nitrogens with one attached hydrogen (secondary N) is 1. The summed E-state index contributed by atoms with van der Waals surface area (Å²) in [6.07, 6.45) is 6.00. The van der Waals surface area contributed by atoms with Gasteiger partial charge in [-0.2, -0.15) is 0 Å². The van der Waals surface area contributed by atoms with Gasteiger partial charge in [0.25, 0.3) is 5.56 Å². The number of aliphatic hydroxyl groups is 1. The van der Waals surface area contributed by atoms with Crippen molar-refractivity contribution in [3.05, 3.63) is 21.2 Å². The van der Waals surface area contributed by atoms with E-state index >= 15 is 0 Å². The van der Waals surface area contributed by atoms with Crippen LogP contribution >= 0.6 is 15.9 Å². The summed E-state index contributed by atoms with van der Waals surface area (Å²) < 4.78 is 0.445. The van der Waals surface area contributed by atoms with Crippen molar-refractivity contribution >= 4 is 21.7 Å². The first-order valence-electron chi connectivity index (χ1n) is 5.84. The maximum atomic E-state index is 11.5. The number of halogens is 1. The molecular formula is C11H16BrN3O2. The SMILES string of the molecule is O=c1[nH]cnc(N(CCO)C2CCCC2)c1Br. The number of rotatable bonds is 4. The molecule has 1 fully saturated rings. The van der Waals surface area contributed by atoms with E-state index in [0.717, 1.165) is 12.8 Å². The molecule has 1 aliphatic rings. The molecule has 1 aliphatic carbocycles. The zero-order valence-corrected chi connectivity index (χ0v) is 11.1. The Balaban J connectivity index is 2.31. The molecule has 1 aromatic rings. The van der Waals surface area contributed by atoms with Crippen LogP contribution in [0.3, 0.4) is 0 Å². The number of H-pyrrole nitrogens is 1. The average molecular weight is 302 g/mol. The lowest BCUT2D eigenvalue weighted by Crippen LogP contribution is -2.37. The Bertz CT molecular complexity index is 429. The molecule has 6 heteroatoms. The van der Waals surface area contributed by atoms with Crippen molar-refractivity contribution < 1.29 is 5.11 Å². The topological polar surface area (TPSA) is 69.2 Å². The van der Waals surface area contributed by atoms with Crippen molar-refractivity contribution in [1.29, 1.82) is 0 Å². The molecule has 1 aromatic heterocycles. The number of aromatic nitrogens is 2. The quantitative estimate of drug-likeness (QED) is 0.879. The fourth-order valence-corrected chi connectivity index (χ4v) is 2.80. The first-order valence-corrected chi connectivity index (χ1v) is 6.64. The van der Waals surface area contributed by atoms with Crippen molar-refractivity contribution in [2.24, 2.45) is 0 Å². The highest BCUT2D eigenvalue weighted by Gasteiger charge is 2.25. The van der Waals surface area contributed by atoms with Crippen molar-refractivity contribution in [1.82, 2.24) is 9.97 Å². The van der Waals surface area contributed by atoms with E-state index < -0.39 is 0 Å². The standard InChI is InChI=1S/C11H16BrN3O2/c12-9-10(13-7-14-11(9)17)15(5-6-16)8-3-1-2-4-8/h7-8,16H,1-6H2,(H,13,14,17). The van der Waals surface area contributed by atoms with Gasteiger partial charge < -0.3 is 15.0 Å². The van der Waals surface area contributed by atoms with Gasteiger partial charge in [-0.3, -0.25) is 4.79 Å². The van der Waals surface area contributed by atoms with Gasteiger partial charge >= 0.3 is 0 Å². The molecule has 2 rings (SSSR count). The fourth-order valence-electron chi connectivity index (χ4n) is 2.36. The smallest absolute Gasteiger partial charge is 0.267 e. The number of anilines is 1. The van der Waals surface area contributed by atoms with E-state index in [2.05, 4.69) is 25.9 Å². The van der Waals surface area contributed by atoms with Gasteiger partial charge in [0, 0.05) is 12.6 Å². The number of hydrogen-bond donors (Lipinski definition) is 2. The van der Waals surface area contributed by atoms with Crippen molar-refractivity contribution in [3.8, 4) is 0 Å². The Morgan fingerprint density at radius 1 is 1.53 bits per heavy atom. The summed E-state index contributed by atoms with van der Waals surface area (Å²) in [6.45, 7) is 0.580. The lowest BCUT2D eigenvalue weighted by atomic mass is 10.2. The molecule has 0 amide bonds. The van der Waals surface area contributed by atoms with Crippen molar-refractivity contribution in [3.63, 3.8) is 0 Å². The Morgan fingerprint density at radius 2 is 2.24 bits per heavy atom. The lowest BCUT2D eigenvalue weighted by molar-refractivity contribution is 0.296. The van der Waals surface area contributed by atoms with Crippen LogP contribution in [0.4, 0.5) is 5.82 Å². The Morgan fingerprint density at radius 3 is 2.88 bits per heavy atom. The molecule has 0 aliphatic heterocycles. The van der Waals surface area contributed by atoms with Gasteiger partial charge in [-0.1, -0.05) is 12.8 Å². The van der Waals surface area contributed by atoms with Gasteiger partial charge in [0.1, 0.15) is 4.47 Å². The molecule has 0 spiro atoms. The monoisotopic (exact) mass is 301 g/mol. The second-order valence-corrected chi connectivity index (χ2v) is 5.02. The highest BCUT2D eigenvalue weighted by Crippen LogP contribution is 2.29. The van der Waals surface area contributed by atoms with E-state index in [1.807, 2.05) is 4.90 Å². The third kappa shape index (κ3) is 2.69. The summed E-state index contributed by atoms with van der Waals surface area (Å²) in [5.74, 6) is 0.634. The lowest BCUT2D eigenvalue weighted by Gasteiger charge is -2.29. The van der Waals surface area contributed by atoms with Crippen molar-refractivity contribution in [2.75, 3.05) is 18.1 Å². The first-order chi connectivity index (χ1) is 8.24. The Hall–Kier alpha value is -0.880. The highest BCUT2D eigenvalue weighted by atomic mass is 79.9. The van der Waals surface area contributed by atoms with Crippen LogP contribution in [0.25, 0.3) is 0 Å². The van der Waals surface area contributed by atoms with Crippen LogP contribution in [-0.2, 0) is 0 Å². The van der Waals surface area contributed by atoms with Crippen LogP contribution in [-0.4, -0.2) is 34.3 Å². The van der Waals surface area contributed by atoms with Crippen LogP contribution in [0.1, 0.15) is 25.7 Å². The number of hydrogen-bond acceptors (Lipinski definition) is 4. The predicted octanol–water partition coefficient (Wildman–Crippen LogP) is 1.27. The molecule has 2 N–H and O–H groups in total. The molecule has 0 radical (unpaired) electrons. The predicted molar refractivity (Wildman–Crippen MR) is 69.2 cm³/mol. The molecule has 0 bridgehead atoms. The second-order valence-electron chi connectivity index (χ2n) is 4.22. The molecule has 1 saturated carbocycles. The van der Waals surface area contributed by atoms with E-state index in [0.29, 0.717) is 22.9 Å². The van der Waals surface area contributed by atoms with E-state index in [4.69, 9.17) is 5.11 Å². The van der Waals surface area contributed by atoms with Gasteiger partial charge in [-0.15, -0.1) is 0 Å². The van der Waals surface area contributed by atoms with Crippen LogP contribution in [0, 0.1) is 0 Å².